The molecule has 0 aromatic heterocycles. The van der Waals surface area contributed by atoms with Gasteiger partial charge in [-0.2, -0.15) is 13.2 Å². The number of halogens is 4. The first kappa shape index (κ1) is 28.9. The number of nitrogens with zero attached hydrogens (tertiary/aromatic N) is 3. The molecule has 0 spiro atoms. The Hall–Kier alpha value is -1.11. The summed E-state index contributed by atoms with van der Waals surface area (Å²) in [5.74, 6) is 0.774. The zero-order chi connectivity index (χ0) is 22.5. The van der Waals surface area contributed by atoms with Crippen molar-refractivity contribution in [1.29, 1.82) is 0 Å². The van der Waals surface area contributed by atoms with Crippen molar-refractivity contribution in [1.82, 2.24) is 20.4 Å². The van der Waals surface area contributed by atoms with Gasteiger partial charge in [-0.15, -0.1) is 24.0 Å². The van der Waals surface area contributed by atoms with E-state index in [0.717, 1.165) is 57.2 Å². The number of aliphatic imine (C=N–C) groups is 1. The molecule has 1 aromatic rings. The van der Waals surface area contributed by atoms with Gasteiger partial charge in [0.15, 0.2) is 5.96 Å². The summed E-state index contributed by atoms with van der Waals surface area (Å²) in [4.78, 5) is 9.52. The van der Waals surface area contributed by atoms with E-state index in [1.807, 2.05) is 19.1 Å². The van der Waals surface area contributed by atoms with E-state index in [2.05, 4.69) is 37.2 Å². The Morgan fingerprint density at radius 2 is 1.78 bits per heavy atom. The molecule has 1 aliphatic heterocycles. The fourth-order valence-electron chi connectivity index (χ4n) is 3.37. The number of likely N-dealkylation sites (N-methyl/N-ethyl adjacent to an activating group) is 1. The van der Waals surface area contributed by atoms with Gasteiger partial charge in [0.1, 0.15) is 6.61 Å². The third kappa shape index (κ3) is 12.8. The Morgan fingerprint density at radius 1 is 1.06 bits per heavy atom. The van der Waals surface area contributed by atoms with Crippen LogP contribution in [0.3, 0.4) is 0 Å². The highest BCUT2D eigenvalue weighted by Gasteiger charge is 2.27. The molecule has 0 unspecified atom stereocenters. The second-order valence-corrected chi connectivity index (χ2v) is 7.90. The SMILES string of the molecule is CCNC(=NCc1ccc(COCC(F)(F)F)cc1)NCCCN1CCCN(C)CC1.I. The maximum absolute atomic E-state index is 12.1. The minimum Gasteiger partial charge on any atom is -0.367 e. The summed E-state index contributed by atoms with van der Waals surface area (Å²) in [6.45, 7) is 8.55. The quantitative estimate of drug-likeness (QED) is 0.195. The van der Waals surface area contributed by atoms with Gasteiger partial charge in [-0.25, -0.2) is 4.99 Å². The first-order valence-electron chi connectivity index (χ1n) is 11.0. The Bertz CT molecular complexity index is 658. The summed E-state index contributed by atoms with van der Waals surface area (Å²) in [7, 11) is 2.18. The van der Waals surface area contributed by atoms with Crippen LogP contribution in [0.1, 0.15) is 30.9 Å². The van der Waals surface area contributed by atoms with E-state index < -0.39 is 12.8 Å². The summed E-state index contributed by atoms with van der Waals surface area (Å²) in [6.07, 6.45) is -2.02. The first-order valence-corrected chi connectivity index (χ1v) is 11.0. The number of guanidine groups is 1. The lowest BCUT2D eigenvalue weighted by atomic mass is 10.1. The molecule has 2 rings (SSSR count). The number of benzene rings is 1. The van der Waals surface area contributed by atoms with E-state index in [1.165, 1.54) is 13.0 Å². The molecule has 1 saturated heterocycles. The van der Waals surface area contributed by atoms with Crippen LogP contribution in [0.25, 0.3) is 0 Å². The van der Waals surface area contributed by atoms with Gasteiger partial charge < -0.3 is 25.2 Å². The zero-order valence-electron chi connectivity index (χ0n) is 19.1. The van der Waals surface area contributed by atoms with Crippen LogP contribution < -0.4 is 10.6 Å². The van der Waals surface area contributed by atoms with Crippen molar-refractivity contribution in [3.8, 4) is 0 Å². The van der Waals surface area contributed by atoms with Gasteiger partial charge in [0.05, 0.1) is 13.2 Å². The van der Waals surface area contributed by atoms with Crippen molar-refractivity contribution in [2.45, 2.75) is 39.1 Å². The molecule has 10 heteroatoms. The van der Waals surface area contributed by atoms with Crippen molar-refractivity contribution in [2.75, 3.05) is 59.5 Å². The Morgan fingerprint density at radius 3 is 2.47 bits per heavy atom. The molecule has 0 atom stereocenters. The lowest BCUT2D eigenvalue weighted by molar-refractivity contribution is -0.176. The van der Waals surface area contributed by atoms with Crippen molar-refractivity contribution >= 4 is 29.9 Å². The van der Waals surface area contributed by atoms with Gasteiger partial charge >= 0.3 is 6.18 Å². The number of ether oxygens (including phenoxy) is 1. The summed E-state index contributed by atoms with van der Waals surface area (Å²) >= 11 is 0. The Balaban J connectivity index is 0.00000512. The van der Waals surface area contributed by atoms with Crippen LogP contribution >= 0.6 is 24.0 Å². The molecule has 1 aromatic carbocycles. The molecule has 0 aliphatic carbocycles. The summed E-state index contributed by atoms with van der Waals surface area (Å²) in [5, 5.41) is 6.64. The van der Waals surface area contributed by atoms with Crippen molar-refractivity contribution in [3.05, 3.63) is 35.4 Å². The molecule has 1 fully saturated rings. The average Bonchev–Trinajstić information content (AvgIpc) is 2.93. The number of rotatable bonds is 10. The Kier molecular flexibility index (Phi) is 14.2. The highest BCUT2D eigenvalue weighted by atomic mass is 127. The second-order valence-electron chi connectivity index (χ2n) is 7.90. The molecular formula is C22H37F3IN5O. The second kappa shape index (κ2) is 15.7. The number of hydrogen-bond acceptors (Lipinski definition) is 4. The van der Waals surface area contributed by atoms with Crippen molar-refractivity contribution < 1.29 is 17.9 Å². The minimum absolute atomic E-state index is 0. The third-order valence-corrected chi connectivity index (χ3v) is 5.08. The minimum atomic E-state index is -4.30. The first-order chi connectivity index (χ1) is 14.9. The van der Waals surface area contributed by atoms with Gasteiger partial charge in [-0.05, 0) is 57.6 Å². The molecule has 32 heavy (non-hydrogen) atoms. The van der Waals surface area contributed by atoms with Gasteiger partial charge in [-0.3, -0.25) is 0 Å². The fraction of sp³-hybridized carbons (Fsp3) is 0.682. The van der Waals surface area contributed by atoms with Crippen LogP contribution in [0.4, 0.5) is 13.2 Å². The molecule has 0 amide bonds. The van der Waals surface area contributed by atoms with Crippen molar-refractivity contribution in [2.24, 2.45) is 4.99 Å². The molecule has 2 N–H and O–H groups in total. The molecule has 1 heterocycles. The highest BCUT2D eigenvalue weighted by Crippen LogP contribution is 2.16. The van der Waals surface area contributed by atoms with Crippen LogP contribution in [-0.4, -0.2) is 81.4 Å². The molecule has 0 saturated carbocycles. The van der Waals surface area contributed by atoms with E-state index in [1.54, 1.807) is 12.1 Å². The fourth-order valence-corrected chi connectivity index (χ4v) is 3.37. The molecule has 1 aliphatic rings. The summed E-state index contributed by atoms with van der Waals surface area (Å²) < 4.78 is 41.1. The molecule has 0 radical (unpaired) electrons. The van der Waals surface area contributed by atoms with Crippen molar-refractivity contribution in [3.63, 3.8) is 0 Å². The van der Waals surface area contributed by atoms with Gasteiger partial charge in [-0.1, -0.05) is 24.3 Å². The number of alkyl halides is 3. The molecule has 0 bridgehead atoms. The largest absolute Gasteiger partial charge is 0.411 e. The maximum Gasteiger partial charge on any atom is 0.411 e. The molecule has 184 valence electrons. The maximum atomic E-state index is 12.1. The van der Waals surface area contributed by atoms with Gasteiger partial charge in [0, 0.05) is 26.2 Å². The predicted molar refractivity (Wildman–Crippen MR) is 134 cm³/mol. The smallest absolute Gasteiger partial charge is 0.367 e. The standard InChI is InChI=1S/C22H36F3N5O.HI/c1-3-26-21(27-10-4-12-30-13-5-11-29(2)14-15-30)28-16-19-6-8-20(9-7-19)17-31-18-22(23,24)25;/h6-9H,3-5,10-18H2,1-2H3,(H2,26,27,28);1H. The van der Waals surface area contributed by atoms with Gasteiger partial charge in [0.2, 0.25) is 0 Å². The van der Waals surface area contributed by atoms with Gasteiger partial charge in [0.25, 0.3) is 0 Å². The van der Waals surface area contributed by atoms with E-state index in [9.17, 15) is 13.2 Å². The molecular weight excluding hydrogens is 534 g/mol. The van der Waals surface area contributed by atoms with Crippen LogP contribution in [0.15, 0.2) is 29.3 Å². The number of nitrogens with one attached hydrogen (secondary N) is 2. The lowest BCUT2D eigenvalue weighted by Gasteiger charge is -2.20. The van der Waals surface area contributed by atoms with Crippen LogP contribution in [0.2, 0.25) is 0 Å². The monoisotopic (exact) mass is 571 g/mol. The predicted octanol–water partition coefficient (Wildman–Crippen LogP) is 3.47. The van der Waals surface area contributed by atoms with E-state index in [-0.39, 0.29) is 30.6 Å². The molecule has 6 nitrogen and oxygen atoms in total. The lowest BCUT2D eigenvalue weighted by Crippen LogP contribution is -2.39. The summed E-state index contributed by atoms with van der Waals surface area (Å²) in [6, 6.07) is 7.30. The zero-order valence-corrected chi connectivity index (χ0v) is 21.4. The third-order valence-electron chi connectivity index (χ3n) is 5.08. The average molecular weight is 571 g/mol. The van der Waals surface area contributed by atoms with Crippen LogP contribution in [-0.2, 0) is 17.9 Å². The van der Waals surface area contributed by atoms with Crippen LogP contribution in [0, 0.1) is 0 Å². The van der Waals surface area contributed by atoms with Crippen LogP contribution in [0.5, 0.6) is 0 Å². The Labute approximate surface area is 207 Å². The topological polar surface area (TPSA) is 52.1 Å². The highest BCUT2D eigenvalue weighted by molar-refractivity contribution is 14.0. The normalized spacial score (nSPS) is 16.3. The summed E-state index contributed by atoms with van der Waals surface area (Å²) in [5.41, 5.74) is 1.70. The number of hydrogen-bond donors (Lipinski definition) is 2. The van der Waals surface area contributed by atoms with E-state index in [0.29, 0.717) is 12.1 Å². The van der Waals surface area contributed by atoms with E-state index in [4.69, 9.17) is 0 Å². The van der Waals surface area contributed by atoms with E-state index >= 15 is 0 Å².